The van der Waals surface area contributed by atoms with Gasteiger partial charge in [0, 0.05) is 25.6 Å². The van der Waals surface area contributed by atoms with Gasteiger partial charge in [-0.25, -0.2) is 9.18 Å². The first-order valence-corrected chi connectivity index (χ1v) is 12.8. The molecule has 0 bridgehead atoms. The minimum Gasteiger partial charge on any atom is -0.479 e. The zero-order chi connectivity index (χ0) is 26.8. The highest BCUT2D eigenvalue weighted by Crippen LogP contribution is 2.21. The Morgan fingerprint density at radius 2 is 1.92 bits per heavy atom. The second kappa shape index (κ2) is 13.7. The molecule has 2 amide bonds. The number of unbranched alkanes of at least 4 members (excludes halogenated alkanes) is 1. The molecule has 0 radical (unpaired) electrons. The normalized spacial score (nSPS) is 16.7. The number of carbonyl (C=O) groups is 3. The fraction of sp³-hybridized carbons (Fsp3) is 0.464. The number of likely N-dealkylation sites (tertiary alicyclic amines) is 1. The lowest BCUT2D eigenvalue weighted by atomic mass is 10.0. The predicted octanol–water partition coefficient (Wildman–Crippen LogP) is 3.42. The van der Waals surface area contributed by atoms with Gasteiger partial charge in [-0.05, 0) is 61.4 Å². The number of carboxylic acid groups (broad SMARTS) is 1. The molecule has 0 spiro atoms. The Hall–Kier alpha value is -3.46. The number of aliphatic carboxylic acids is 1. The van der Waals surface area contributed by atoms with Crippen molar-refractivity contribution in [2.24, 2.45) is 5.73 Å². The van der Waals surface area contributed by atoms with Gasteiger partial charge in [0.15, 0.2) is 6.10 Å². The van der Waals surface area contributed by atoms with E-state index in [4.69, 9.17) is 10.5 Å². The van der Waals surface area contributed by atoms with Gasteiger partial charge in [-0.1, -0.05) is 43.7 Å². The second-order valence-corrected chi connectivity index (χ2v) is 9.45. The molecule has 8 nitrogen and oxygen atoms in total. The Kier molecular flexibility index (Phi) is 10.4. The highest BCUT2D eigenvalue weighted by Gasteiger charge is 2.34. The highest BCUT2D eigenvalue weighted by atomic mass is 19.1. The first kappa shape index (κ1) is 28.1. The van der Waals surface area contributed by atoms with Crippen molar-refractivity contribution < 1.29 is 28.6 Å². The molecule has 2 aromatic carbocycles. The van der Waals surface area contributed by atoms with E-state index in [1.165, 1.54) is 6.07 Å². The number of nitrogens with two attached hydrogens (primary N) is 1. The van der Waals surface area contributed by atoms with Crippen molar-refractivity contribution in [2.45, 2.75) is 76.6 Å². The monoisotopic (exact) mass is 513 g/mol. The van der Waals surface area contributed by atoms with Gasteiger partial charge >= 0.3 is 5.97 Å². The van der Waals surface area contributed by atoms with E-state index in [1.54, 1.807) is 47.4 Å². The Morgan fingerprint density at radius 3 is 2.59 bits per heavy atom. The van der Waals surface area contributed by atoms with E-state index in [2.05, 4.69) is 5.32 Å². The number of halogens is 1. The molecular weight excluding hydrogens is 477 g/mol. The maximum atomic E-state index is 13.9. The standard InChI is InChI=1S/C28H36FN3O5/c1-2-3-10-25(28(35)36)37-22-13-11-19(12-14-22)18-31-27(34)24-9-6-15-32(24)26(33)17-21(30)16-20-7-4-5-8-23(20)29/h4-5,7-8,11-14,21,24-25H,2-3,6,9-10,15-18,30H2,1H3,(H,31,34)(H,35,36)/t21?,24-,25?/m0/s1. The van der Waals surface area contributed by atoms with Crippen LogP contribution in [-0.2, 0) is 27.3 Å². The number of hydrogen-bond donors (Lipinski definition) is 3. The summed E-state index contributed by atoms with van der Waals surface area (Å²) < 4.78 is 19.5. The van der Waals surface area contributed by atoms with Crippen molar-refractivity contribution in [3.8, 4) is 5.75 Å². The van der Waals surface area contributed by atoms with E-state index in [0.29, 0.717) is 30.7 Å². The maximum absolute atomic E-state index is 13.9. The minimum absolute atomic E-state index is 0.0369. The van der Waals surface area contributed by atoms with Crippen LogP contribution in [0, 0.1) is 5.82 Å². The topological polar surface area (TPSA) is 122 Å². The Balaban J connectivity index is 1.49. The van der Waals surface area contributed by atoms with Crippen molar-refractivity contribution in [3.05, 3.63) is 65.5 Å². The van der Waals surface area contributed by atoms with Gasteiger partial charge < -0.3 is 25.8 Å². The van der Waals surface area contributed by atoms with Gasteiger partial charge in [0.05, 0.1) is 0 Å². The summed E-state index contributed by atoms with van der Waals surface area (Å²) in [6, 6.07) is 12.2. The van der Waals surface area contributed by atoms with Crippen LogP contribution in [0.3, 0.4) is 0 Å². The Morgan fingerprint density at radius 1 is 1.19 bits per heavy atom. The van der Waals surface area contributed by atoms with Gasteiger partial charge in [0.1, 0.15) is 17.6 Å². The molecule has 1 aliphatic heterocycles. The van der Waals surface area contributed by atoms with Crippen LogP contribution in [0.1, 0.15) is 56.6 Å². The average Bonchev–Trinajstić information content (AvgIpc) is 3.37. The molecule has 1 aliphatic rings. The van der Waals surface area contributed by atoms with Crippen molar-refractivity contribution in [2.75, 3.05) is 6.54 Å². The van der Waals surface area contributed by atoms with Crippen LogP contribution < -0.4 is 15.8 Å². The molecule has 1 fully saturated rings. The van der Waals surface area contributed by atoms with E-state index in [-0.39, 0.29) is 37.0 Å². The van der Waals surface area contributed by atoms with Crippen LogP contribution in [-0.4, -0.2) is 52.5 Å². The number of rotatable bonds is 13. The number of ether oxygens (including phenoxy) is 1. The third kappa shape index (κ3) is 8.28. The summed E-state index contributed by atoms with van der Waals surface area (Å²) in [7, 11) is 0. The molecule has 3 rings (SSSR count). The minimum atomic E-state index is -0.992. The summed E-state index contributed by atoms with van der Waals surface area (Å²) in [5.41, 5.74) is 7.41. The molecule has 4 N–H and O–H groups in total. The van der Waals surface area contributed by atoms with Crippen molar-refractivity contribution in [1.82, 2.24) is 10.2 Å². The van der Waals surface area contributed by atoms with Gasteiger partial charge in [-0.2, -0.15) is 0 Å². The maximum Gasteiger partial charge on any atom is 0.344 e. The number of nitrogens with one attached hydrogen (secondary N) is 1. The van der Waals surface area contributed by atoms with Crippen molar-refractivity contribution in [3.63, 3.8) is 0 Å². The van der Waals surface area contributed by atoms with Gasteiger partial charge in [0.2, 0.25) is 11.8 Å². The quantitative estimate of drug-likeness (QED) is 0.377. The summed E-state index contributed by atoms with van der Waals surface area (Å²) in [6.45, 7) is 2.74. The third-order valence-electron chi connectivity index (χ3n) is 6.52. The smallest absolute Gasteiger partial charge is 0.344 e. The third-order valence-corrected chi connectivity index (χ3v) is 6.52. The van der Waals surface area contributed by atoms with Gasteiger partial charge in [-0.3, -0.25) is 9.59 Å². The number of carboxylic acids is 1. The van der Waals surface area contributed by atoms with Crippen LogP contribution in [0.15, 0.2) is 48.5 Å². The second-order valence-electron chi connectivity index (χ2n) is 9.45. The molecule has 1 saturated heterocycles. The number of amides is 2. The van der Waals surface area contributed by atoms with Crippen LogP contribution in [0.25, 0.3) is 0 Å². The molecule has 0 saturated carbocycles. The predicted molar refractivity (Wildman–Crippen MR) is 137 cm³/mol. The molecule has 37 heavy (non-hydrogen) atoms. The fourth-order valence-corrected chi connectivity index (χ4v) is 4.48. The van der Waals surface area contributed by atoms with E-state index < -0.39 is 24.2 Å². The number of carbonyl (C=O) groups excluding carboxylic acids is 2. The van der Waals surface area contributed by atoms with Gasteiger partial charge in [-0.15, -0.1) is 0 Å². The van der Waals surface area contributed by atoms with Crippen LogP contribution >= 0.6 is 0 Å². The average molecular weight is 514 g/mol. The van der Waals surface area contributed by atoms with Crippen molar-refractivity contribution in [1.29, 1.82) is 0 Å². The molecule has 0 aromatic heterocycles. The summed E-state index contributed by atoms with van der Waals surface area (Å²) in [5.74, 6) is -1.33. The molecule has 1 heterocycles. The van der Waals surface area contributed by atoms with Crippen LogP contribution in [0.2, 0.25) is 0 Å². The summed E-state index contributed by atoms with van der Waals surface area (Å²) in [6.07, 6.45) is 2.77. The van der Waals surface area contributed by atoms with E-state index in [1.807, 2.05) is 6.92 Å². The first-order chi connectivity index (χ1) is 17.8. The van der Waals surface area contributed by atoms with Crippen molar-refractivity contribution >= 4 is 17.8 Å². The number of hydrogen-bond acceptors (Lipinski definition) is 5. The summed E-state index contributed by atoms with van der Waals surface area (Å²) in [4.78, 5) is 38.7. The van der Waals surface area contributed by atoms with E-state index in [0.717, 1.165) is 24.8 Å². The number of benzene rings is 2. The molecule has 200 valence electrons. The molecule has 3 atom stereocenters. The molecular formula is C28H36FN3O5. The summed E-state index contributed by atoms with van der Waals surface area (Å²) >= 11 is 0. The SMILES string of the molecule is CCCCC(Oc1ccc(CNC(=O)[C@@H]2CCCN2C(=O)CC(N)Cc2ccccc2F)cc1)C(=O)O. The lowest BCUT2D eigenvalue weighted by Crippen LogP contribution is -2.47. The van der Waals surface area contributed by atoms with E-state index >= 15 is 0 Å². The zero-order valence-electron chi connectivity index (χ0n) is 21.2. The Bertz CT molecular complexity index is 1060. The lowest BCUT2D eigenvalue weighted by molar-refractivity contribution is -0.145. The molecule has 2 unspecified atom stereocenters. The van der Waals surface area contributed by atoms with Gasteiger partial charge in [0.25, 0.3) is 0 Å². The summed E-state index contributed by atoms with van der Waals surface area (Å²) in [5, 5.41) is 12.2. The van der Waals surface area contributed by atoms with E-state index in [9.17, 15) is 23.9 Å². The molecule has 2 aromatic rings. The Labute approximate surface area is 217 Å². The zero-order valence-corrected chi connectivity index (χ0v) is 21.2. The highest BCUT2D eigenvalue weighted by molar-refractivity contribution is 5.88. The lowest BCUT2D eigenvalue weighted by Gasteiger charge is -2.25. The van der Waals surface area contributed by atoms with Crippen LogP contribution in [0.4, 0.5) is 4.39 Å². The molecule has 9 heteroatoms. The molecule has 0 aliphatic carbocycles. The number of nitrogens with zero attached hydrogens (tertiary/aromatic N) is 1. The largest absolute Gasteiger partial charge is 0.479 e. The van der Waals surface area contributed by atoms with Crippen LogP contribution in [0.5, 0.6) is 5.75 Å². The first-order valence-electron chi connectivity index (χ1n) is 12.8. The fourth-order valence-electron chi connectivity index (χ4n) is 4.48.